The highest BCUT2D eigenvalue weighted by Gasteiger charge is 2.06. The van der Waals surface area contributed by atoms with Crippen LogP contribution >= 0.6 is 0 Å². The van der Waals surface area contributed by atoms with Gasteiger partial charge in [0.2, 0.25) is 0 Å². The highest BCUT2D eigenvalue weighted by Crippen LogP contribution is 2.20. The number of azo groups is 1. The first-order chi connectivity index (χ1) is 8.58. The lowest BCUT2D eigenvalue weighted by molar-refractivity contribution is -0.113. The van der Waals surface area contributed by atoms with Gasteiger partial charge in [0.05, 0.1) is 23.0 Å². The first kappa shape index (κ1) is 12.0. The lowest BCUT2D eigenvalue weighted by atomic mass is 10.3. The van der Waals surface area contributed by atoms with Crippen LogP contribution in [0.3, 0.4) is 0 Å². The molecular weight excluding hydrogens is 232 g/mol. The highest BCUT2D eigenvalue weighted by molar-refractivity contribution is 5.93. The molecule has 6 heteroatoms. The van der Waals surface area contributed by atoms with Gasteiger partial charge in [-0.05, 0) is 25.1 Å². The molecule has 2 N–H and O–H groups in total. The summed E-state index contributed by atoms with van der Waals surface area (Å²) < 4.78 is 0. The Morgan fingerprint density at radius 3 is 2.83 bits per heavy atom. The zero-order chi connectivity index (χ0) is 13.1. The van der Waals surface area contributed by atoms with Crippen LogP contribution in [-0.2, 0) is 4.79 Å². The lowest BCUT2D eigenvalue weighted by Crippen LogP contribution is -1.96. The van der Waals surface area contributed by atoms with Gasteiger partial charge >= 0.3 is 0 Å². The molecule has 0 bridgehead atoms. The number of benzene rings is 1. The summed E-state index contributed by atoms with van der Waals surface area (Å²) in [7, 11) is 0. The molecule has 0 fully saturated rings. The monoisotopic (exact) mass is 244 g/mol. The van der Waals surface area contributed by atoms with Gasteiger partial charge in [0.15, 0.2) is 11.5 Å². The predicted octanol–water partition coefficient (Wildman–Crippen LogP) is 3.03. The van der Waals surface area contributed by atoms with Crippen LogP contribution in [0.1, 0.15) is 13.8 Å². The SMILES string of the molecule is CC(=O)C(N=Nc1ccc2nc[nH]c2c1)=C(C)O. The summed E-state index contributed by atoms with van der Waals surface area (Å²) in [6.45, 7) is 2.72. The molecule has 2 aromatic rings. The molecule has 0 saturated heterocycles. The maximum Gasteiger partial charge on any atom is 0.183 e. The van der Waals surface area contributed by atoms with E-state index in [-0.39, 0.29) is 17.2 Å². The maximum atomic E-state index is 11.2. The second kappa shape index (κ2) is 4.79. The third-order valence-corrected chi connectivity index (χ3v) is 2.35. The first-order valence-corrected chi connectivity index (χ1v) is 5.33. The molecule has 0 radical (unpaired) electrons. The van der Waals surface area contributed by atoms with Gasteiger partial charge in [-0.25, -0.2) is 4.98 Å². The van der Waals surface area contributed by atoms with Gasteiger partial charge < -0.3 is 10.1 Å². The van der Waals surface area contributed by atoms with Crippen LogP contribution in [0.2, 0.25) is 0 Å². The van der Waals surface area contributed by atoms with Gasteiger partial charge in [0, 0.05) is 6.92 Å². The predicted molar refractivity (Wildman–Crippen MR) is 66.6 cm³/mol. The number of hydrogen-bond acceptors (Lipinski definition) is 5. The van der Waals surface area contributed by atoms with E-state index < -0.39 is 0 Å². The molecule has 6 nitrogen and oxygen atoms in total. The minimum Gasteiger partial charge on any atom is -0.510 e. The van der Waals surface area contributed by atoms with Gasteiger partial charge in [0.25, 0.3) is 0 Å². The molecule has 0 aliphatic rings. The summed E-state index contributed by atoms with van der Waals surface area (Å²) in [6, 6.07) is 5.29. The molecule has 92 valence electrons. The van der Waals surface area contributed by atoms with E-state index in [1.807, 2.05) is 0 Å². The van der Waals surface area contributed by atoms with E-state index in [0.717, 1.165) is 11.0 Å². The van der Waals surface area contributed by atoms with E-state index in [1.54, 1.807) is 24.5 Å². The Kier molecular flexibility index (Phi) is 3.18. The Hall–Kier alpha value is -2.50. The molecule has 1 heterocycles. The number of carbonyl (C=O) groups is 1. The van der Waals surface area contributed by atoms with Crippen molar-refractivity contribution in [2.24, 2.45) is 10.2 Å². The Balaban J connectivity index is 2.33. The summed E-state index contributed by atoms with van der Waals surface area (Å²) in [4.78, 5) is 18.2. The van der Waals surface area contributed by atoms with E-state index in [9.17, 15) is 9.90 Å². The molecule has 1 aromatic heterocycles. The summed E-state index contributed by atoms with van der Waals surface area (Å²) in [6.07, 6.45) is 1.59. The van der Waals surface area contributed by atoms with Crippen molar-refractivity contribution in [3.05, 3.63) is 36.0 Å². The topological polar surface area (TPSA) is 90.7 Å². The third kappa shape index (κ3) is 2.42. The Morgan fingerprint density at radius 2 is 2.17 bits per heavy atom. The zero-order valence-electron chi connectivity index (χ0n) is 10.0. The molecule has 2 rings (SSSR count). The van der Waals surface area contributed by atoms with Crippen LogP contribution in [0.4, 0.5) is 5.69 Å². The number of nitrogens with one attached hydrogen (secondary N) is 1. The number of imidazole rings is 1. The van der Waals surface area contributed by atoms with Gasteiger partial charge in [0.1, 0.15) is 5.76 Å². The number of aliphatic hydroxyl groups is 1. The molecule has 0 spiro atoms. The molecule has 1 aromatic carbocycles. The second-order valence-electron chi connectivity index (χ2n) is 3.79. The molecule has 18 heavy (non-hydrogen) atoms. The highest BCUT2D eigenvalue weighted by atomic mass is 16.3. The summed E-state index contributed by atoms with van der Waals surface area (Å²) in [5, 5.41) is 17.0. The quantitative estimate of drug-likeness (QED) is 0.494. The van der Waals surface area contributed by atoms with Crippen LogP contribution in [-0.4, -0.2) is 20.9 Å². The van der Waals surface area contributed by atoms with Crippen molar-refractivity contribution in [2.75, 3.05) is 0 Å². The van der Waals surface area contributed by atoms with E-state index in [0.29, 0.717) is 5.69 Å². The minimum absolute atomic E-state index is 0.0419. The summed E-state index contributed by atoms with van der Waals surface area (Å²) >= 11 is 0. The largest absolute Gasteiger partial charge is 0.510 e. The van der Waals surface area contributed by atoms with Crippen LogP contribution in [0, 0.1) is 0 Å². The molecule has 0 aliphatic heterocycles. The van der Waals surface area contributed by atoms with Crippen LogP contribution < -0.4 is 0 Å². The van der Waals surface area contributed by atoms with E-state index in [1.165, 1.54) is 13.8 Å². The third-order valence-electron chi connectivity index (χ3n) is 2.35. The van der Waals surface area contributed by atoms with Crippen molar-refractivity contribution in [1.29, 1.82) is 0 Å². The number of hydrogen-bond donors (Lipinski definition) is 2. The number of carbonyl (C=O) groups excluding carboxylic acids is 1. The van der Waals surface area contributed by atoms with Crippen LogP contribution in [0.25, 0.3) is 11.0 Å². The maximum absolute atomic E-state index is 11.2. The Morgan fingerprint density at radius 1 is 1.39 bits per heavy atom. The molecular formula is C12H12N4O2. The summed E-state index contributed by atoms with van der Waals surface area (Å²) in [5.74, 6) is -0.477. The number of nitrogens with zero attached hydrogens (tertiary/aromatic N) is 3. The zero-order valence-corrected chi connectivity index (χ0v) is 10.0. The van der Waals surface area contributed by atoms with Crippen LogP contribution in [0.5, 0.6) is 0 Å². The Labute approximate surface area is 103 Å². The number of Topliss-reactive ketones (excluding diaryl/α,β-unsaturated/α-hetero) is 1. The van der Waals surface area contributed by atoms with E-state index in [4.69, 9.17) is 0 Å². The number of aliphatic hydroxyl groups excluding tert-OH is 1. The number of fused-ring (bicyclic) bond motifs is 1. The molecule has 0 amide bonds. The van der Waals surface area contributed by atoms with Crippen molar-refractivity contribution >= 4 is 22.5 Å². The van der Waals surface area contributed by atoms with Crippen molar-refractivity contribution in [1.82, 2.24) is 9.97 Å². The van der Waals surface area contributed by atoms with Gasteiger partial charge in [-0.3, -0.25) is 4.79 Å². The average molecular weight is 244 g/mol. The molecule has 0 unspecified atom stereocenters. The fraction of sp³-hybridized carbons (Fsp3) is 0.167. The van der Waals surface area contributed by atoms with Gasteiger partial charge in [-0.2, -0.15) is 5.11 Å². The lowest BCUT2D eigenvalue weighted by Gasteiger charge is -1.97. The van der Waals surface area contributed by atoms with Gasteiger partial charge in [-0.1, -0.05) is 0 Å². The number of allylic oxidation sites excluding steroid dienone is 2. The average Bonchev–Trinajstić information content (AvgIpc) is 2.75. The number of H-pyrrole nitrogens is 1. The minimum atomic E-state index is -0.332. The smallest absolute Gasteiger partial charge is 0.183 e. The summed E-state index contributed by atoms with van der Waals surface area (Å²) in [5.41, 5.74) is 2.20. The van der Waals surface area contributed by atoms with Gasteiger partial charge in [-0.15, -0.1) is 5.11 Å². The number of aromatic amines is 1. The van der Waals surface area contributed by atoms with E-state index in [2.05, 4.69) is 20.2 Å². The molecule has 0 atom stereocenters. The molecule has 0 saturated carbocycles. The normalized spacial score (nSPS) is 13.0. The number of aromatic nitrogens is 2. The fourth-order valence-electron chi connectivity index (χ4n) is 1.49. The number of ketones is 1. The van der Waals surface area contributed by atoms with Crippen molar-refractivity contribution in [3.63, 3.8) is 0 Å². The van der Waals surface area contributed by atoms with Crippen molar-refractivity contribution < 1.29 is 9.90 Å². The first-order valence-electron chi connectivity index (χ1n) is 5.33. The fourth-order valence-corrected chi connectivity index (χ4v) is 1.49. The van der Waals surface area contributed by atoms with E-state index >= 15 is 0 Å². The second-order valence-corrected chi connectivity index (χ2v) is 3.79. The van der Waals surface area contributed by atoms with Crippen molar-refractivity contribution in [2.45, 2.75) is 13.8 Å². The van der Waals surface area contributed by atoms with Crippen molar-refractivity contribution in [3.8, 4) is 0 Å². The standard InChI is InChI=1S/C12H12N4O2/c1-7(17)12(8(2)18)16-15-9-3-4-10-11(5-9)14-6-13-10/h3-6,17H,1-2H3,(H,13,14). The Bertz CT molecular complexity index is 651. The molecule has 0 aliphatic carbocycles. The van der Waals surface area contributed by atoms with Crippen LogP contribution in [0.15, 0.2) is 46.2 Å². The number of rotatable bonds is 3.